The minimum Gasteiger partial charge on any atom is -0.497 e. The summed E-state index contributed by atoms with van der Waals surface area (Å²) in [6, 6.07) is 29.0. The molecule has 5 aromatic rings. The number of carbonyl (C=O) groups excluding carboxylic acids is 1. The van der Waals surface area contributed by atoms with Crippen molar-refractivity contribution in [2.24, 2.45) is 0 Å². The molecule has 192 valence electrons. The lowest BCUT2D eigenvalue weighted by Gasteiger charge is -2.15. The molecule has 1 unspecified atom stereocenters. The zero-order chi connectivity index (χ0) is 26.5. The highest BCUT2D eigenvalue weighted by molar-refractivity contribution is 8.00. The van der Waals surface area contributed by atoms with E-state index >= 15 is 0 Å². The van der Waals surface area contributed by atoms with Crippen LogP contribution in [-0.4, -0.2) is 33.0 Å². The Morgan fingerprint density at radius 1 is 0.947 bits per heavy atom. The summed E-state index contributed by atoms with van der Waals surface area (Å²) in [7, 11) is 1.63. The molecule has 0 bridgehead atoms. The van der Waals surface area contributed by atoms with E-state index in [2.05, 4.69) is 20.8 Å². The Labute approximate surface area is 230 Å². The van der Waals surface area contributed by atoms with Gasteiger partial charge in [-0.25, -0.2) is 0 Å². The Balaban J connectivity index is 1.39. The summed E-state index contributed by atoms with van der Waals surface area (Å²) < 4.78 is 7.26. The summed E-state index contributed by atoms with van der Waals surface area (Å²) in [6.07, 6.45) is 0. The molecule has 0 aliphatic carbocycles. The number of carbonyl (C=O) groups is 1. The van der Waals surface area contributed by atoms with Crippen LogP contribution in [0.5, 0.6) is 5.75 Å². The number of hydrogen-bond donors (Lipinski definition) is 2. The van der Waals surface area contributed by atoms with Gasteiger partial charge in [0.15, 0.2) is 11.0 Å². The van der Waals surface area contributed by atoms with Crippen LogP contribution in [0.25, 0.3) is 16.5 Å². The van der Waals surface area contributed by atoms with Crippen molar-refractivity contribution in [2.45, 2.75) is 23.9 Å². The van der Waals surface area contributed by atoms with Gasteiger partial charge in [0.1, 0.15) is 5.75 Å². The fourth-order valence-electron chi connectivity index (χ4n) is 4.04. The van der Waals surface area contributed by atoms with Gasteiger partial charge in [0.05, 0.1) is 29.6 Å². The van der Waals surface area contributed by atoms with E-state index in [0.29, 0.717) is 22.5 Å². The largest absolute Gasteiger partial charge is 0.497 e. The van der Waals surface area contributed by atoms with Crippen LogP contribution >= 0.6 is 23.4 Å². The van der Waals surface area contributed by atoms with Crippen LogP contribution in [0.4, 0.5) is 11.4 Å². The second kappa shape index (κ2) is 11.6. The van der Waals surface area contributed by atoms with E-state index in [4.69, 9.17) is 16.3 Å². The maximum Gasteiger partial charge on any atom is 0.237 e. The smallest absolute Gasteiger partial charge is 0.237 e. The summed E-state index contributed by atoms with van der Waals surface area (Å²) in [6.45, 7) is 2.25. The predicted molar refractivity (Wildman–Crippen MR) is 155 cm³/mol. The molecule has 1 aromatic heterocycles. The molecule has 5 rings (SSSR count). The first-order valence-corrected chi connectivity index (χ1v) is 13.3. The summed E-state index contributed by atoms with van der Waals surface area (Å²) in [5.74, 6) is 1.31. The topological polar surface area (TPSA) is 81.1 Å². The Kier molecular flexibility index (Phi) is 7.81. The van der Waals surface area contributed by atoms with Crippen LogP contribution in [0, 0.1) is 0 Å². The van der Waals surface area contributed by atoms with Crippen LogP contribution in [0.1, 0.15) is 12.7 Å². The number of fused-ring (bicyclic) bond motifs is 1. The van der Waals surface area contributed by atoms with Gasteiger partial charge in [-0.1, -0.05) is 71.9 Å². The number of nitrogens with one attached hydrogen (secondary N) is 2. The van der Waals surface area contributed by atoms with E-state index < -0.39 is 5.25 Å². The lowest BCUT2D eigenvalue weighted by molar-refractivity contribution is -0.115. The molecule has 1 amide bonds. The fourth-order valence-corrected chi connectivity index (χ4v) is 5.13. The van der Waals surface area contributed by atoms with Gasteiger partial charge in [0.2, 0.25) is 5.91 Å². The highest BCUT2D eigenvalue weighted by Crippen LogP contribution is 2.30. The quantitative estimate of drug-likeness (QED) is 0.199. The van der Waals surface area contributed by atoms with E-state index in [1.807, 2.05) is 102 Å². The molecule has 7 nitrogen and oxygen atoms in total. The number of aromatic nitrogens is 3. The normalized spacial score (nSPS) is 11.8. The number of benzene rings is 4. The number of para-hydroxylation sites is 1. The highest BCUT2D eigenvalue weighted by atomic mass is 35.5. The van der Waals surface area contributed by atoms with Gasteiger partial charge in [-0.15, -0.1) is 10.2 Å². The van der Waals surface area contributed by atoms with E-state index in [1.165, 1.54) is 11.8 Å². The van der Waals surface area contributed by atoms with Gasteiger partial charge in [-0.05, 0) is 54.8 Å². The molecule has 1 atom stereocenters. The molecule has 0 saturated heterocycles. The van der Waals surface area contributed by atoms with Crippen molar-refractivity contribution >= 4 is 51.4 Å². The number of rotatable bonds is 9. The molecule has 9 heteroatoms. The van der Waals surface area contributed by atoms with Crippen LogP contribution < -0.4 is 15.4 Å². The Bertz CT molecular complexity index is 1570. The Morgan fingerprint density at radius 2 is 1.66 bits per heavy atom. The van der Waals surface area contributed by atoms with Gasteiger partial charge in [-0.3, -0.25) is 9.36 Å². The maximum atomic E-state index is 13.2. The lowest BCUT2D eigenvalue weighted by Crippen LogP contribution is -2.23. The summed E-state index contributed by atoms with van der Waals surface area (Å²) in [5, 5.41) is 18.2. The Hall–Kier alpha value is -4.01. The SMILES string of the molecule is COc1ccc(-n2c(CNc3ccccc3Cl)nnc2SC(C)C(=O)Nc2cccc3ccccc23)cc1. The third-order valence-corrected chi connectivity index (χ3v) is 7.41. The van der Waals surface area contributed by atoms with Gasteiger partial charge in [0.25, 0.3) is 0 Å². The first-order valence-electron chi connectivity index (χ1n) is 12.1. The standard InChI is InChI=1S/C29H26ClN5O2S/c1-19(28(36)32-25-13-7-9-20-8-3-4-10-23(20)25)38-29-34-33-27(18-31-26-12-6-5-11-24(26)30)35(29)21-14-16-22(37-2)17-15-21/h3-17,19,31H,18H2,1-2H3,(H,32,36). The van der Waals surface area contributed by atoms with Crippen LogP contribution in [-0.2, 0) is 11.3 Å². The second-order valence-electron chi connectivity index (χ2n) is 8.54. The average Bonchev–Trinajstić information content (AvgIpc) is 3.34. The number of nitrogens with zero attached hydrogens (tertiary/aromatic N) is 3. The molecule has 4 aromatic carbocycles. The fraction of sp³-hybridized carbons (Fsp3) is 0.138. The first-order chi connectivity index (χ1) is 18.5. The van der Waals surface area contributed by atoms with Gasteiger partial charge in [-0.2, -0.15) is 0 Å². The van der Waals surface area contributed by atoms with Crippen molar-refractivity contribution in [2.75, 3.05) is 17.7 Å². The summed E-state index contributed by atoms with van der Waals surface area (Å²) in [5.41, 5.74) is 2.44. The summed E-state index contributed by atoms with van der Waals surface area (Å²) >= 11 is 7.67. The molecule has 2 N–H and O–H groups in total. The van der Waals surface area contributed by atoms with Crippen LogP contribution in [0.15, 0.2) is 96.2 Å². The van der Waals surface area contributed by atoms with E-state index in [0.717, 1.165) is 33.6 Å². The number of methoxy groups -OCH3 is 1. The van der Waals surface area contributed by atoms with Gasteiger partial charge >= 0.3 is 0 Å². The Morgan fingerprint density at radius 3 is 2.45 bits per heavy atom. The predicted octanol–water partition coefficient (Wildman–Crippen LogP) is 6.81. The zero-order valence-corrected chi connectivity index (χ0v) is 22.5. The number of hydrogen-bond acceptors (Lipinski definition) is 6. The van der Waals surface area contributed by atoms with Crippen LogP contribution in [0.3, 0.4) is 0 Å². The van der Waals surface area contributed by atoms with Crippen molar-refractivity contribution in [3.63, 3.8) is 0 Å². The van der Waals surface area contributed by atoms with Crippen molar-refractivity contribution in [3.05, 3.63) is 102 Å². The molecule has 0 aliphatic rings. The highest BCUT2D eigenvalue weighted by Gasteiger charge is 2.22. The molecule has 0 spiro atoms. The maximum absolute atomic E-state index is 13.2. The first kappa shape index (κ1) is 25.6. The van der Waals surface area contributed by atoms with E-state index in [1.54, 1.807) is 7.11 Å². The van der Waals surface area contributed by atoms with E-state index in [-0.39, 0.29) is 5.91 Å². The van der Waals surface area contributed by atoms with Crippen LogP contribution in [0.2, 0.25) is 5.02 Å². The molecule has 0 aliphatic heterocycles. The minimum atomic E-state index is -0.431. The molecule has 1 heterocycles. The monoisotopic (exact) mass is 543 g/mol. The molecule has 0 radical (unpaired) electrons. The van der Waals surface area contributed by atoms with Crippen molar-refractivity contribution in [1.29, 1.82) is 0 Å². The molecule has 38 heavy (non-hydrogen) atoms. The molecular weight excluding hydrogens is 518 g/mol. The van der Waals surface area contributed by atoms with Gasteiger partial charge in [0, 0.05) is 16.8 Å². The average molecular weight is 544 g/mol. The lowest BCUT2D eigenvalue weighted by atomic mass is 10.1. The van der Waals surface area contributed by atoms with Crippen molar-refractivity contribution in [3.8, 4) is 11.4 Å². The number of anilines is 2. The molecular formula is C29H26ClN5O2S. The van der Waals surface area contributed by atoms with E-state index in [9.17, 15) is 4.79 Å². The van der Waals surface area contributed by atoms with Crippen molar-refractivity contribution in [1.82, 2.24) is 14.8 Å². The second-order valence-corrected chi connectivity index (χ2v) is 10.3. The zero-order valence-electron chi connectivity index (χ0n) is 20.9. The third kappa shape index (κ3) is 5.61. The van der Waals surface area contributed by atoms with Crippen molar-refractivity contribution < 1.29 is 9.53 Å². The minimum absolute atomic E-state index is 0.119. The number of thioether (sulfide) groups is 1. The third-order valence-electron chi connectivity index (χ3n) is 6.04. The number of amides is 1. The molecule has 0 saturated carbocycles. The summed E-state index contributed by atoms with van der Waals surface area (Å²) in [4.78, 5) is 13.2. The number of halogens is 1. The number of ether oxygens (including phenoxy) is 1. The molecule has 0 fully saturated rings. The van der Waals surface area contributed by atoms with Gasteiger partial charge < -0.3 is 15.4 Å².